The van der Waals surface area contributed by atoms with E-state index in [-0.39, 0.29) is 17.4 Å². The van der Waals surface area contributed by atoms with Gasteiger partial charge in [-0.15, -0.1) is 0 Å². The summed E-state index contributed by atoms with van der Waals surface area (Å²) in [6, 6.07) is 13.4. The van der Waals surface area contributed by atoms with Crippen LogP contribution >= 0.6 is 0 Å². The van der Waals surface area contributed by atoms with Crippen LogP contribution in [0.1, 0.15) is 27.0 Å². The summed E-state index contributed by atoms with van der Waals surface area (Å²) in [7, 11) is 3.84. The van der Waals surface area contributed by atoms with Crippen LogP contribution in [0.3, 0.4) is 0 Å². The summed E-state index contributed by atoms with van der Waals surface area (Å²) in [5.41, 5.74) is 0.614. The number of hydrogen-bond donors (Lipinski definition) is 1. The van der Waals surface area contributed by atoms with E-state index in [1.165, 1.54) is 18.2 Å². The highest BCUT2D eigenvalue weighted by molar-refractivity contribution is 6.00. The van der Waals surface area contributed by atoms with E-state index in [0.717, 1.165) is 17.3 Å². The van der Waals surface area contributed by atoms with E-state index in [2.05, 4.69) is 10.3 Å². The molecule has 0 saturated carbocycles. The molecular formula is C21H20F3N3O. The van der Waals surface area contributed by atoms with E-state index < -0.39 is 23.2 Å². The third-order valence-electron chi connectivity index (χ3n) is 4.35. The van der Waals surface area contributed by atoms with Crippen molar-refractivity contribution in [2.24, 2.45) is 0 Å². The second kappa shape index (κ2) is 7.98. The van der Waals surface area contributed by atoms with E-state index in [0.29, 0.717) is 6.54 Å². The molecule has 28 heavy (non-hydrogen) atoms. The fourth-order valence-electron chi connectivity index (χ4n) is 3.11. The fraction of sp³-hybridized carbons (Fsp3) is 0.238. The number of amides is 1. The molecule has 4 nitrogen and oxygen atoms in total. The highest BCUT2D eigenvalue weighted by atomic mass is 19.4. The molecule has 0 fully saturated rings. The number of rotatable bonds is 5. The Morgan fingerprint density at radius 3 is 2.36 bits per heavy atom. The number of hydrogen-bond acceptors (Lipinski definition) is 3. The quantitative estimate of drug-likeness (QED) is 0.712. The van der Waals surface area contributed by atoms with Crippen LogP contribution in [0.4, 0.5) is 13.2 Å². The Morgan fingerprint density at radius 2 is 1.68 bits per heavy atom. The Balaban J connectivity index is 1.91. The van der Waals surface area contributed by atoms with Crippen molar-refractivity contribution in [3.05, 3.63) is 77.0 Å². The Labute approximate surface area is 161 Å². The maximum Gasteiger partial charge on any atom is 0.417 e. The number of aromatic nitrogens is 1. The topological polar surface area (TPSA) is 45.2 Å². The molecule has 0 atom stereocenters. The standard InChI is InChI=1S/C21H20F3N3O/c1-27(2)13-15-8-4-3-7-14(15)11-26-20(28)17-12-25-18-10-6-5-9-16(18)19(17)21(22,23)24/h3-10,12H,11,13H2,1-2H3,(H,26,28). The van der Waals surface area contributed by atoms with Crippen molar-refractivity contribution in [1.82, 2.24) is 15.2 Å². The van der Waals surface area contributed by atoms with Gasteiger partial charge in [0, 0.05) is 24.7 Å². The first-order chi connectivity index (χ1) is 13.3. The van der Waals surface area contributed by atoms with Gasteiger partial charge in [-0.1, -0.05) is 42.5 Å². The van der Waals surface area contributed by atoms with Crippen molar-refractivity contribution in [3.63, 3.8) is 0 Å². The lowest BCUT2D eigenvalue weighted by Gasteiger charge is -2.17. The number of para-hydroxylation sites is 1. The summed E-state index contributed by atoms with van der Waals surface area (Å²) in [6.07, 6.45) is -3.68. The third-order valence-corrected chi connectivity index (χ3v) is 4.35. The molecule has 1 heterocycles. The first-order valence-corrected chi connectivity index (χ1v) is 8.72. The molecule has 7 heteroatoms. The van der Waals surface area contributed by atoms with Gasteiger partial charge in [-0.2, -0.15) is 13.2 Å². The minimum atomic E-state index is -4.67. The molecule has 0 aliphatic rings. The molecule has 1 amide bonds. The molecule has 1 aromatic heterocycles. The number of fused-ring (bicyclic) bond motifs is 1. The van der Waals surface area contributed by atoms with Crippen molar-refractivity contribution < 1.29 is 18.0 Å². The molecule has 0 aliphatic carbocycles. The zero-order valence-corrected chi connectivity index (χ0v) is 15.5. The largest absolute Gasteiger partial charge is 0.417 e. The second-order valence-corrected chi connectivity index (χ2v) is 6.75. The van der Waals surface area contributed by atoms with Crippen LogP contribution in [0.2, 0.25) is 0 Å². The first-order valence-electron chi connectivity index (χ1n) is 8.72. The maximum atomic E-state index is 13.7. The van der Waals surface area contributed by atoms with Crippen molar-refractivity contribution >= 4 is 16.8 Å². The zero-order chi connectivity index (χ0) is 20.3. The average molecular weight is 387 g/mol. The van der Waals surface area contributed by atoms with E-state index >= 15 is 0 Å². The fourth-order valence-corrected chi connectivity index (χ4v) is 3.11. The Morgan fingerprint density at radius 1 is 1.04 bits per heavy atom. The van der Waals surface area contributed by atoms with E-state index in [4.69, 9.17) is 0 Å². The van der Waals surface area contributed by atoms with Gasteiger partial charge in [-0.25, -0.2) is 0 Å². The minimum absolute atomic E-state index is 0.0874. The second-order valence-electron chi connectivity index (χ2n) is 6.75. The van der Waals surface area contributed by atoms with Crippen molar-refractivity contribution in [2.45, 2.75) is 19.3 Å². The van der Waals surface area contributed by atoms with Gasteiger partial charge in [-0.3, -0.25) is 9.78 Å². The van der Waals surface area contributed by atoms with Crippen molar-refractivity contribution in [3.8, 4) is 0 Å². The molecule has 0 aliphatic heterocycles. The van der Waals surface area contributed by atoms with E-state index in [1.54, 1.807) is 6.07 Å². The molecule has 0 radical (unpaired) electrons. The van der Waals surface area contributed by atoms with Gasteiger partial charge < -0.3 is 10.2 Å². The number of carbonyl (C=O) groups is 1. The monoisotopic (exact) mass is 387 g/mol. The van der Waals surface area contributed by atoms with Gasteiger partial charge in [0.1, 0.15) is 0 Å². The van der Waals surface area contributed by atoms with Crippen LogP contribution in [0.5, 0.6) is 0 Å². The minimum Gasteiger partial charge on any atom is -0.348 e. The zero-order valence-electron chi connectivity index (χ0n) is 15.5. The van der Waals surface area contributed by atoms with Crippen LogP contribution in [0.15, 0.2) is 54.7 Å². The van der Waals surface area contributed by atoms with E-state index in [9.17, 15) is 18.0 Å². The van der Waals surface area contributed by atoms with Crippen LogP contribution in [-0.4, -0.2) is 29.9 Å². The van der Waals surface area contributed by atoms with E-state index in [1.807, 2.05) is 43.3 Å². The van der Waals surface area contributed by atoms with Gasteiger partial charge in [-0.05, 0) is 31.3 Å². The number of benzene rings is 2. The summed E-state index contributed by atoms with van der Waals surface area (Å²) in [6.45, 7) is 0.796. The van der Waals surface area contributed by atoms with Crippen LogP contribution < -0.4 is 5.32 Å². The van der Waals surface area contributed by atoms with Crippen LogP contribution in [0, 0.1) is 0 Å². The molecule has 2 aromatic carbocycles. The summed E-state index contributed by atoms with van der Waals surface area (Å²) in [5.74, 6) is -0.801. The third kappa shape index (κ3) is 4.31. The molecule has 146 valence electrons. The van der Waals surface area contributed by atoms with Crippen LogP contribution in [0.25, 0.3) is 10.9 Å². The number of halogens is 3. The predicted molar refractivity (Wildman–Crippen MR) is 102 cm³/mol. The smallest absolute Gasteiger partial charge is 0.348 e. The summed E-state index contributed by atoms with van der Waals surface area (Å²) in [4.78, 5) is 18.6. The Bertz CT molecular complexity index is 1000. The number of nitrogens with one attached hydrogen (secondary N) is 1. The lowest BCUT2D eigenvalue weighted by Crippen LogP contribution is -2.27. The van der Waals surface area contributed by atoms with Crippen LogP contribution in [-0.2, 0) is 19.3 Å². The molecule has 0 bridgehead atoms. The van der Waals surface area contributed by atoms with Gasteiger partial charge >= 0.3 is 6.18 Å². The number of alkyl halides is 3. The lowest BCUT2D eigenvalue weighted by molar-refractivity contribution is -0.136. The molecule has 3 rings (SSSR count). The highest BCUT2D eigenvalue weighted by Gasteiger charge is 2.37. The van der Waals surface area contributed by atoms with Gasteiger partial charge in [0.2, 0.25) is 0 Å². The normalized spacial score (nSPS) is 11.8. The Hall–Kier alpha value is -2.93. The molecule has 1 N–H and O–H groups in total. The van der Waals surface area contributed by atoms with Gasteiger partial charge in [0.05, 0.1) is 16.6 Å². The summed E-state index contributed by atoms with van der Waals surface area (Å²) in [5, 5.41) is 2.52. The Kier molecular flexibility index (Phi) is 5.65. The molecular weight excluding hydrogens is 367 g/mol. The van der Waals surface area contributed by atoms with Crippen molar-refractivity contribution in [1.29, 1.82) is 0 Å². The van der Waals surface area contributed by atoms with Gasteiger partial charge in [0.15, 0.2) is 0 Å². The van der Waals surface area contributed by atoms with Gasteiger partial charge in [0.25, 0.3) is 5.91 Å². The molecule has 0 spiro atoms. The highest BCUT2D eigenvalue weighted by Crippen LogP contribution is 2.36. The lowest BCUT2D eigenvalue weighted by atomic mass is 10.0. The molecule has 0 unspecified atom stereocenters. The SMILES string of the molecule is CN(C)Cc1ccccc1CNC(=O)c1cnc2ccccc2c1C(F)(F)F. The number of carbonyl (C=O) groups excluding carboxylic acids is 1. The number of pyridine rings is 1. The summed E-state index contributed by atoms with van der Waals surface area (Å²) >= 11 is 0. The average Bonchev–Trinajstić information content (AvgIpc) is 2.65. The predicted octanol–water partition coefficient (Wildman–Crippen LogP) is 4.25. The first kappa shape index (κ1) is 19.8. The summed E-state index contributed by atoms with van der Waals surface area (Å²) < 4.78 is 41.1. The molecule has 3 aromatic rings. The maximum absolute atomic E-state index is 13.7. The number of nitrogens with zero attached hydrogens (tertiary/aromatic N) is 2. The van der Waals surface area contributed by atoms with Crippen molar-refractivity contribution in [2.75, 3.05) is 14.1 Å². The molecule has 0 saturated heterocycles.